The molecule has 3 heterocycles. The maximum atomic E-state index is 5.17. The summed E-state index contributed by atoms with van der Waals surface area (Å²) in [6.07, 6.45) is 6.95. The molecule has 0 N–H and O–H groups in total. The lowest BCUT2D eigenvalue weighted by molar-refractivity contribution is 0.270. The van der Waals surface area contributed by atoms with Gasteiger partial charge in [0.2, 0.25) is 0 Å². The Kier molecular flexibility index (Phi) is 5.51. The van der Waals surface area contributed by atoms with Crippen LogP contribution in [0.5, 0.6) is 0 Å². The van der Waals surface area contributed by atoms with Gasteiger partial charge in [-0.25, -0.2) is 9.97 Å². The van der Waals surface area contributed by atoms with Crippen molar-refractivity contribution in [3.8, 4) is 0 Å². The minimum Gasteiger partial charge on any atom is -0.353 e. The third-order valence-corrected chi connectivity index (χ3v) is 7.63. The van der Waals surface area contributed by atoms with Crippen molar-refractivity contribution in [2.24, 2.45) is 0 Å². The van der Waals surface area contributed by atoms with Crippen molar-refractivity contribution < 1.29 is 0 Å². The fourth-order valence-electron chi connectivity index (χ4n) is 4.70. The largest absolute Gasteiger partial charge is 0.353 e. The van der Waals surface area contributed by atoms with Gasteiger partial charge in [-0.3, -0.25) is 0 Å². The van der Waals surface area contributed by atoms with Crippen molar-refractivity contribution in [3.05, 3.63) is 52.2 Å². The molecule has 4 nitrogen and oxygen atoms in total. The van der Waals surface area contributed by atoms with Gasteiger partial charge in [0.1, 0.15) is 16.5 Å². The fraction of sp³-hybridized carbons (Fsp3) is 0.500. The van der Waals surface area contributed by atoms with Crippen LogP contribution in [-0.4, -0.2) is 47.6 Å². The molecule has 1 saturated heterocycles. The zero-order valence-electron chi connectivity index (χ0n) is 17.4. The molecule has 3 aromatic rings. The number of benzene rings is 1. The van der Waals surface area contributed by atoms with E-state index in [1.807, 2.05) is 11.3 Å². The van der Waals surface area contributed by atoms with E-state index in [9.17, 15) is 0 Å². The molecule has 0 atom stereocenters. The second-order valence-electron chi connectivity index (χ2n) is 8.26. The Bertz CT molecular complexity index is 973. The molecule has 0 bridgehead atoms. The number of thiophene rings is 1. The number of nitrogens with zero attached hydrogens (tertiary/aromatic N) is 4. The number of likely N-dealkylation sites (N-methyl/N-ethyl adjacent to an activating group) is 1. The zero-order valence-corrected chi connectivity index (χ0v) is 18.2. The summed E-state index contributed by atoms with van der Waals surface area (Å²) in [4.78, 5) is 18.1. The van der Waals surface area contributed by atoms with Gasteiger partial charge in [0.25, 0.3) is 0 Å². The lowest BCUT2D eigenvalue weighted by Crippen LogP contribution is -2.46. The molecular weight excluding hydrogens is 376 g/mol. The average Bonchev–Trinajstić information content (AvgIpc) is 3.16. The van der Waals surface area contributed by atoms with Crippen LogP contribution in [-0.2, 0) is 25.7 Å². The molecule has 152 valence electrons. The van der Waals surface area contributed by atoms with Gasteiger partial charge >= 0.3 is 0 Å². The van der Waals surface area contributed by atoms with Gasteiger partial charge in [0, 0.05) is 37.5 Å². The summed E-state index contributed by atoms with van der Waals surface area (Å²) in [7, 11) is 0. The normalized spacial score (nSPS) is 17.6. The Hall–Kier alpha value is -1.98. The van der Waals surface area contributed by atoms with Crippen LogP contribution < -0.4 is 4.90 Å². The smallest absolute Gasteiger partial charge is 0.141 e. The molecule has 5 heteroatoms. The molecule has 0 unspecified atom stereocenters. The molecule has 1 aliphatic heterocycles. The molecular formula is C24H30N4S. The Balaban J connectivity index is 1.50. The van der Waals surface area contributed by atoms with E-state index in [0.717, 1.165) is 51.4 Å². The summed E-state index contributed by atoms with van der Waals surface area (Å²) in [5.74, 6) is 2.22. The minimum atomic E-state index is 0.907. The van der Waals surface area contributed by atoms with Crippen LogP contribution in [0, 0.1) is 0 Å². The SMILES string of the molecule is CCN1CCN(c2nc(CCc3ccccc3)nc3sc4c(c23)CCCC4)CC1. The summed E-state index contributed by atoms with van der Waals surface area (Å²) >= 11 is 1.93. The van der Waals surface area contributed by atoms with Crippen molar-refractivity contribution in [1.82, 2.24) is 14.9 Å². The number of hydrogen-bond donors (Lipinski definition) is 0. The number of aromatic nitrogens is 2. The number of piperazine rings is 1. The van der Waals surface area contributed by atoms with Crippen molar-refractivity contribution in [3.63, 3.8) is 0 Å². The van der Waals surface area contributed by atoms with Crippen LogP contribution in [0.25, 0.3) is 10.2 Å². The highest BCUT2D eigenvalue weighted by molar-refractivity contribution is 7.19. The van der Waals surface area contributed by atoms with Gasteiger partial charge in [-0.1, -0.05) is 37.3 Å². The van der Waals surface area contributed by atoms with E-state index in [0.29, 0.717) is 0 Å². The highest BCUT2D eigenvalue weighted by Gasteiger charge is 2.25. The Morgan fingerprint density at radius 3 is 2.52 bits per heavy atom. The molecule has 5 rings (SSSR count). The second kappa shape index (κ2) is 8.41. The highest BCUT2D eigenvalue weighted by Crippen LogP contribution is 2.40. The molecule has 2 aliphatic rings. The summed E-state index contributed by atoms with van der Waals surface area (Å²) < 4.78 is 0. The van der Waals surface area contributed by atoms with Gasteiger partial charge in [0.05, 0.1) is 5.39 Å². The quantitative estimate of drug-likeness (QED) is 0.625. The topological polar surface area (TPSA) is 32.3 Å². The molecule has 1 fully saturated rings. The van der Waals surface area contributed by atoms with E-state index in [2.05, 4.69) is 47.1 Å². The van der Waals surface area contributed by atoms with Gasteiger partial charge < -0.3 is 9.80 Å². The molecule has 0 amide bonds. The summed E-state index contributed by atoms with van der Waals surface area (Å²) in [6.45, 7) is 7.81. The Labute approximate surface area is 177 Å². The van der Waals surface area contributed by atoms with Crippen LogP contribution in [0.2, 0.25) is 0 Å². The van der Waals surface area contributed by atoms with Crippen molar-refractivity contribution >= 4 is 27.4 Å². The van der Waals surface area contributed by atoms with E-state index in [-0.39, 0.29) is 0 Å². The minimum absolute atomic E-state index is 0.907. The zero-order chi connectivity index (χ0) is 19.6. The second-order valence-corrected chi connectivity index (χ2v) is 9.35. The molecule has 1 aromatic carbocycles. The number of anilines is 1. The van der Waals surface area contributed by atoms with Crippen molar-refractivity contribution in [2.75, 3.05) is 37.6 Å². The van der Waals surface area contributed by atoms with Crippen molar-refractivity contribution in [1.29, 1.82) is 0 Å². The number of aryl methyl sites for hydroxylation is 4. The third-order valence-electron chi connectivity index (χ3n) is 6.44. The summed E-state index contributed by atoms with van der Waals surface area (Å²) in [5, 5.41) is 1.37. The Morgan fingerprint density at radius 2 is 1.72 bits per heavy atom. The van der Waals surface area contributed by atoms with E-state index in [1.165, 1.54) is 47.3 Å². The summed E-state index contributed by atoms with van der Waals surface area (Å²) in [5.41, 5.74) is 2.92. The van der Waals surface area contributed by atoms with Crippen LogP contribution in [0.15, 0.2) is 30.3 Å². The standard InChI is InChI=1S/C24H30N4S/c1-2-27-14-16-28(17-15-27)23-22-19-10-6-7-11-20(19)29-24(22)26-21(25-23)13-12-18-8-4-3-5-9-18/h3-5,8-9H,2,6-7,10-17H2,1H3. The first-order valence-electron chi connectivity index (χ1n) is 11.1. The lowest BCUT2D eigenvalue weighted by Gasteiger charge is -2.35. The van der Waals surface area contributed by atoms with Gasteiger partial charge in [0.15, 0.2) is 0 Å². The molecule has 29 heavy (non-hydrogen) atoms. The van der Waals surface area contributed by atoms with Crippen LogP contribution in [0.1, 0.15) is 41.6 Å². The van der Waals surface area contributed by atoms with E-state index >= 15 is 0 Å². The van der Waals surface area contributed by atoms with Gasteiger partial charge in [-0.2, -0.15) is 0 Å². The third kappa shape index (κ3) is 3.90. The van der Waals surface area contributed by atoms with Crippen LogP contribution in [0.4, 0.5) is 5.82 Å². The molecule has 2 aromatic heterocycles. The van der Waals surface area contributed by atoms with Gasteiger partial charge in [-0.15, -0.1) is 11.3 Å². The molecule has 0 saturated carbocycles. The Morgan fingerprint density at radius 1 is 0.931 bits per heavy atom. The fourth-order valence-corrected chi connectivity index (χ4v) is 5.97. The van der Waals surface area contributed by atoms with Crippen LogP contribution >= 0.6 is 11.3 Å². The van der Waals surface area contributed by atoms with Crippen LogP contribution in [0.3, 0.4) is 0 Å². The highest BCUT2D eigenvalue weighted by atomic mass is 32.1. The first kappa shape index (κ1) is 19.0. The maximum Gasteiger partial charge on any atom is 0.141 e. The van der Waals surface area contributed by atoms with E-state index < -0.39 is 0 Å². The number of hydrogen-bond acceptors (Lipinski definition) is 5. The summed E-state index contributed by atoms with van der Waals surface area (Å²) in [6, 6.07) is 10.7. The molecule has 1 aliphatic carbocycles. The maximum absolute atomic E-state index is 5.17. The number of fused-ring (bicyclic) bond motifs is 3. The van der Waals surface area contributed by atoms with E-state index in [1.54, 1.807) is 10.4 Å². The molecule has 0 radical (unpaired) electrons. The first-order chi connectivity index (χ1) is 14.3. The monoisotopic (exact) mass is 406 g/mol. The average molecular weight is 407 g/mol. The number of rotatable bonds is 5. The van der Waals surface area contributed by atoms with Crippen molar-refractivity contribution in [2.45, 2.75) is 45.4 Å². The predicted octanol–water partition coefficient (Wildman–Crippen LogP) is 4.50. The van der Waals surface area contributed by atoms with Gasteiger partial charge in [-0.05, 0) is 49.8 Å². The van der Waals surface area contributed by atoms with E-state index in [4.69, 9.17) is 9.97 Å². The predicted molar refractivity (Wildman–Crippen MR) is 122 cm³/mol. The lowest BCUT2D eigenvalue weighted by atomic mass is 9.96. The first-order valence-corrected chi connectivity index (χ1v) is 12.0. The molecule has 0 spiro atoms.